The lowest BCUT2D eigenvalue weighted by Gasteiger charge is -2.11. The number of aryl methyl sites for hydroxylation is 1. The van der Waals surface area contributed by atoms with E-state index < -0.39 is 0 Å². The van der Waals surface area contributed by atoms with Crippen molar-refractivity contribution in [2.75, 3.05) is 11.9 Å². The summed E-state index contributed by atoms with van der Waals surface area (Å²) < 4.78 is 1.46. The highest BCUT2D eigenvalue weighted by Gasteiger charge is 2.14. The molecular weight excluding hydrogens is 276 g/mol. The summed E-state index contributed by atoms with van der Waals surface area (Å²) in [5, 5.41) is 11.0. The molecule has 2 heterocycles. The average molecular weight is 294 g/mol. The molecule has 2 N–H and O–H groups in total. The maximum absolute atomic E-state index is 11.4. The monoisotopic (exact) mass is 294 g/mol. The zero-order chi connectivity index (χ0) is 14.7. The molecule has 2 aromatic heterocycles. The second-order valence-corrected chi connectivity index (χ2v) is 5.23. The van der Waals surface area contributed by atoms with Gasteiger partial charge >= 0.3 is 5.69 Å². The highest BCUT2D eigenvalue weighted by molar-refractivity contribution is 7.99. The number of aromatic nitrogens is 5. The minimum absolute atomic E-state index is 0.234. The van der Waals surface area contributed by atoms with E-state index in [-0.39, 0.29) is 5.69 Å². The van der Waals surface area contributed by atoms with Gasteiger partial charge in [0.05, 0.1) is 0 Å². The first-order valence-electron chi connectivity index (χ1n) is 6.47. The highest BCUT2D eigenvalue weighted by Crippen LogP contribution is 2.29. The van der Waals surface area contributed by atoms with Crippen molar-refractivity contribution in [3.63, 3.8) is 0 Å². The first kappa shape index (κ1) is 14.6. The van der Waals surface area contributed by atoms with Crippen LogP contribution in [0, 0.1) is 6.92 Å². The Kier molecular flexibility index (Phi) is 4.43. The molecule has 7 nitrogen and oxygen atoms in total. The van der Waals surface area contributed by atoms with Crippen LogP contribution in [-0.2, 0) is 13.5 Å². The van der Waals surface area contributed by atoms with Crippen molar-refractivity contribution < 1.29 is 0 Å². The van der Waals surface area contributed by atoms with Crippen molar-refractivity contribution in [1.82, 2.24) is 24.7 Å². The molecule has 0 saturated carbocycles. The van der Waals surface area contributed by atoms with Crippen LogP contribution in [0.4, 0.5) is 5.82 Å². The van der Waals surface area contributed by atoms with Crippen LogP contribution in [0.15, 0.2) is 15.0 Å². The van der Waals surface area contributed by atoms with Crippen LogP contribution in [0.5, 0.6) is 0 Å². The summed E-state index contributed by atoms with van der Waals surface area (Å²) in [4.78, 5) is 20.4. The number of aromatic amines is 1. The third-order valence-electron chi connectivity index (χ3n) is 2.83. The van der Waals surface area contributed by atoms with Gasteiger partial charge in [0.15, 0.2) is 5.16 Å². The molecule has 2 aromatic rings. The van der Waals surface area contributed by atoms with Gasteiger partial charge in [0, 0.05) is 25.6 Å². The minimum atomic E-state index is -0.234. The van der Waals surface area contributed by atoms with Gasteiger partial charge in [0.2, 0.25) is 0 Å². The molecule has 0 aliphatic rings. The summed E-state index contributed by atoms with van der Waals surface area (Å²) in [5.41, 5.74) is 0.728. The predicted octanol–water partition coefficient (Wildman–Crippen LogP) is 1.35. The molecule has 0 amide bonds. The number of hydrogen-bond acceptors (Lipinski definition) is 6. The quantitative estimate of drug-likeness (QED) is 0.809. The van der Waals surface area contributed by atoms with Crippen LogP contribution in [0.1, 0.15) is 25.2 Å². The van der Waals surface area contributed by atoms with Crippen LogP contribution in [-0.4, -0.2) is 31.3 Å². The fourth-order valence-electron chi connectivity index (χ4n) is 1.65. The third-order valence-corrected chi connectivity index (χ3v) is 3.97. The lowest BCUT2D eigenvalue weighted by molar-refractivity contribution is 0.762. The summed E-state index contributed by atoms with van der Waals surface area (Å²) in [5.74, 6) is 1.61. The normalized spacial score (nSPS) is 10.8. The number of nitrogens with one attached hydrogen (secondary N) is 2. The molecule has 108 valence electrons. The summed E-state index contributed by atoms with van der Waals surface area (Å²) in [6, 6.07) is 0. The van der Waals surface area contributed by atoms with E-state index >= 15 is 0 Å². The number of rotatable bonds is 5. The van der Waals surface area contributed by atoms with E-state index in [0.29, 0.717) is 5.16 Å². The van der Waals surface area contributed by atoms with Crippen molar-refractivity contribution in [1.29, 1.82) is 0 Å². The molecule has 0 fully saturated rings. The zero-order valence-electron chi connectivity index (χ0n) is 12.0. The molecule has 0 spiro atoms. The van der Waals surface area contributed by atoms with Gasteiger partial charge in [-0.05, 0) is 25.6 Å². The SMILES string of the molecule is CCNc1nc(CC)nc(Sc2n[nH]c(=O)n2C)c1C. The Balaban J connectivity index is 2.42. The van der Waals surface area contributed by atoms with E-state index in [1.54, 1.807) is 7.05 Å². The van der Waals surface area contributed by atoms with E-state index in [9.17, 15) is 4.79 Å². The maximum Gasteiger partial charge on any atom is 0.343 e. The van der Waals surface area contributed by atoms with E-state index in [4.69, 9.17) is 0 Å². The fourth-order valence-corrected chi connectivity index (χ4v) is 2.53. The number of anilines is 1. The van der Waals surface area contributed by atoms with Gasteiger partial charge in [-0.2, -0.15) is 0 Å². The van der Waals surface area contributed by atoms with E-state index in [2.05, 4.69) is 25.5 Å². The van der Waals surface area contributed by atoms with Crippen LogP contribution < -0.4 is 11.0 Å². The maximum atomic E-state index is 11.4. The Morgan fingerprint density at radius 3 is 2.65 bits per heavy atom. The van der Waals surface area contributed by atoms with Gasteiger partial charge in [0.25, 0.3) is 0 Å². The minimum Gasteiger partial charge on any atom is -0.370 e. The summed E-state index contributed by atoms with van der Waals surface area (Å²) in [7, 11) is 1.68. The average Bonchev–Trinajstić information content (AvgIpc) is 2.75. The van der Waals surface area contributed by atoms with Gasteiger partial charge in [-0.1, -0.05) is 6.92 Å². The zero-order valence-corrected chi connectivity index (χ0v) is 12.8. The van der Waals surface area contributed by atoms with Crippen LogP contribution in [0.3, 0.4) is 0 Å². The molecule has 2 rings (SSSR count). The molecular formula is C12H18N6OS. The fraction of sp³-hybridized carbons (Fsp3) is 0.500. The Bertz CT molecular complexity index is 662. The Morgan fingerprint density at radius 2 is 2.10 bits per heavy atom. The van der Waals surface area contributed by atoms with Crippen LogP contribution >= 0.6 is 11.8 Å². The third kappa shape index (κ3) is 2.84. The molecule has 20 heavy (non-hydrogen) atoms. The largest absolute Gasteiger partial charge is 0.370 e. The van der Waals surface area contributed by atoms with Gasteiger partial charge in [-0.15, -0.1) is 5.10 Å². The molecule has 0 atom stereocenters. The molecule has 0 radical (unpaired) electrons. The first-order chi connectivity index (χ1) is 9.56. The number of hydrogen-bond donors (Lipinski definition) is 2. The van der Waals surface area contributed by atoms with E-state index in [1.165, 1.54) is 16.3 Å². The Hall–Kier alpha value is -1.83. The molecule has 0 aliphatic heterocycles. The topological polar surface area (TPSA) is 88.5 Å². The lowest BCUT2D eigenvalue weighted by atomic mass is 10.3. The molecule has 0 unspecified atom stereocenters. The van der Waals surface area contributed by atoms with Crippen LogP contribution in [0.25, 0.3) is 0 Å². The van der Waals surface area contributed by atoms with Gasteiger partial charge in [-0.3, -0.25) is 4.57 Å². The Morgan fingerprint density at radius 1 is 1.35 bits per heavy atom. The smallest absolute Gasteiger partial charge is 0.343 e. The molecule has 0 saturated heterocycles. The molecule has 0 aliphatic carbocycles. The molecule has 0 bridgehead atoms. The Labute approximate surface area is 121 Å². The van der Waals surface area contributed by atoms with Crippen molar-refractivity contribution in [2.24, 2.45) is 7.05 Å². The van der Waals surface area contributed by atoms with E-state index in [1.807, 2.05) is 20.8 Å². The summed E-state index contributed by atoms with van der Waals surface area (Å²) in [6.45, 7) is 6.80. The second kappa shape index (κ2) is 6.08. The number of H-pyrrole nitrogens is 1. The second-order valence-electron chi connectivity index (χ2n) is 4.27. The van der Waals surface area contributed by atoms with Crippen molar-refractivity contribution >= 4 is 17.6 Å². The van der Waals surface area contributed by atoms with Crippen molar-refractivity contribution in [3.8, 4) is 0 Å². The van der Waals surface area contributed by atoms with Crippen molar-refractivity contribution in [2.45, 2.75) is 37.4 Å². The molecule has 8 heteroatoms. The lowest BCUT2D eigenvalue weighted by Crippen LogP contribution is -2.13. The van der Waals surface area contributed by atoms with Gasteiger partial charge in [0.1, 0.15) is 16.7 Å². The standard InChI is InChI=1S/C12H18N6OS/c1-5-8-14-9(13-6-2)7(3)10(15-8)20-12-17-16-11(19)18(12)4/h5-6H2,1-4H3,(H,16,19)(H,13,14,15). The summed E-state index contributed by atoms with van der Waals surface area (Å²) in [6.07, 6.45) is 0.756. The van der Waals surface area contributed by atoms with Gasteiger partial charge in [-0.25, -0.2) is 19.9 Å². The van der Waals surface area contributed by atoms with Crippen LogP contribution in [0.2, 0.25) is 0 Å². The predicted molar refractivity (Wildman–Crippen MR) is 78.3 cm³/mol. The molecule has 0 aromatic carbocycles. The number of nitrogens with zero attached hydrogens (tertiary/aromatic N) is 4. The van der Waals surface area contributed by atoms with E-state index in [0.717, 1.165) is 35.2 Å². The highest BCUT2D eigenvalue weighted by atomic mass is 32.2. The van der Waals surface area contributed by atoms with Crippen molar-refractivity contribution in [3.05, 3.63) is 21.9 Å². The summed E-state index contributed by atoms with van der Waals surface area (Å²) >= 11 is 1.36. The first-order valence-corrected chi connectivity index (χ1v) is 7.29. The van der Waals surface area contributed by atoms with Gasteiger partial charge < -0.3 is 5.32 Å².